The van der Waals surface area contributed by atoms with Crippen molar-refractivity contribution in [3.63, 3.8) is 0 Å². The van der Waals surface area contributed by atoms with Crippen LogP contribution < -0.4 is 10.6 Å². The summed E-state index contributed by atoms with van der Waals surface area (Å²) in [4.78, 5) is 29.5. The standard InChI is InChI=1S/C27H40N4O4S2/c1-5-8-16-31(17-9-6-2)37(34,35)21-12-10-20(11-13-21)25(32)29-27-24(26(33)28-4)22-14-18-30(15-7-3)19-23(22)36-27/h10-13H,5-9,14-19H2,1-4H3,(H,28,33)(H,29,32). The number of hydrogen-bond donors (Lipinski definition) is 2. The fourth-order valence-corrected chi connectivity index (χ4v) is 7.34. The van der Waals surface area contributed by atoms with E-state index in [1.54, 1.807) is 11.4 Å². The van der Waals surface area contributed by atoms with Crippen LogP contribution in [0.2, 0.25) is 0 Å². The molecule has 0 unspecified atom stereocenters. The highest BCUT2D eigenvalue weighted by Gasteiger charge is 2.29. The summed E-state index contributed by atoms with van der Waals surface area (Å²) in [7, 11) is -2.04. The summed E-state index contributed by atoms with van der Waals surface area (Å²) in [6, 6.07) is 6.07. The van der Waals surface area contributed by atoms with Gasteiger partial charge in [-0.3, -0.25) is 14.5 Å². The van der Waals surface area contributed by atoms with Gasteiger partial charge in [0.05, 0.1) is 10.5 Å². The second kappa shape index (κ2) is 13.5. The van der Waals surface area contributed by atoms with E-state index in [2.05, 4.69) is 22.5 Å². The van der Waals surface area contributed by atoms with Crippen LogP contribution in [-0.4, -0.2) is 62.7 Å². The second-order valence-electron chi connectivity index (χ2n) is 9.40. The number of anilines is 1. The first-order valence-electron chi connectivity index (χ1n) is 13.3. The number of rotatable bonds is 13. The molecule has 1 aliphatic heterocycles. The van der Waals surface area contributed by atoms with Crippen LogP contribution in [0.1, 0.15) is 84.0 Å². The molecule has 0 saturated heterocycles. The molecule has 0 bridgehead atoms. The number of carbonyl (C=O) groups excluding carboxylic acids is 2. The SMILES string of the molecule is CCCCN(CCCC)S(=O)(=O)c1ccc(C(=O)Nc2sc3c(c2C(=O)NC)CCN(CCC)C3)cc1. The number of hydrogen-bond acceptors (Lipinski definition) is 6. The average molecular weight is 549 g/mol. The molecule has 0 aliphatic carbocycles. The van der Waals surface area contributed by atoms with Crippen molar-refractivity contribution >= 4 is 38.2 Å². The number of thiophene rings is 1. The predicted octanol–water partition coefficient (Wildman–Crippen LogP) is 4.72. The summed E-state index contributed by atoms with van der Waals surface area (Å²) in [5, 5.41) is 6.16. The number of sulfonamides is 1. The summed E-state index contributed by atoms with van der Waals surface area (Å²) in [5.74, 6) is -0.579. The van der Waals surface area contributed by atoms with Gasteiger partial charge in [-0.25, -0.2) is 8.42 Å². The topological polar surface area (TPSA) is 98.8 Å². The van der Waals surface area contributed by atoms with E-state index in [0.29, 0.717) is 29.2 Å². The fraction of sp³-hybridized carbons (Fsp3) is 0.556. The first-order valence-corrected chi connectivity index (χ1v) is 15.5. The molecule has 1 aromatic carbocycles. The van der Waals surface area contributed by atoms with Crippen LogP contribution >= 0.6 is 11.3 Å². The summed E-state index contributed by atoms with van der Waals surface area (Å²) < 4.78 is 28.0. The lowest BCUT2D eigenvalue weighted by Gasteiger charge is -2.26. The van der Waals surface area contributed by atoms with Gasteiger partial charge in [-0.15, -0.1) is 11.3 Å². The number of amides is 2. The number of carbonyl (C=O) groups is 2. The highest BCUT2D eigenvalue weighted by atomic mass is 32.2. The van der Waals surface area contributed by atoms with Gasteiger partial charge < -0.3 is 10.6 Å². The molecular formula is C27H40N4O4S2. The third-order valence-electron chi connectivity index (χ3n) is 6.63. The van der Waals surface area contributed by atoms with Gasteiger partial charge in [0.2, 0.25) is 10.0 Å². The van der Waals surface area contributed by atoms with Crippen molar-refractivity contribution in [2.45, 2.75) is 70.7 Å². The molecule has 10 heteroatoms. The molecule has 8 nitrogen and oxygen atoms in total. The van der Waals surface area contributed by atoms with Gasteiger partial charge in [0.1, 0.15) is 5.00 Å². The molecule has 2 amide bonds. The van der Waals surface area contributed by atoms with Gasteiger partial charge in [0, 0.05) is 43.7 Å². The van der Waals surface area contributed by atoms with Gasteiger partial charge in [0.15, 0.2) is 0 Å². The highest BCUT2D eigenvalue weighted by Crippen LogP contribution is 2.37. The van der Waals surface area contributed by atoms with Crippen LogP contribution in [0.15, 0.2) is 29.2 Å². The Bertz CT molecular complexity index is 1170. The number of nitrogens with zero attached hydrogens (tertiary/aromatic N) is 2. The van der Waals surface area contributed by atoms with Crippen LogP contribution in [0.5, 0.6) is 0 Å². The molecule has 0 fully saturated rings. The van der Waals surface area contributed by atoms with Crippen molar-refractivity contribution < 1.29 is 18.0 Å². The minimum atomic E-state index is -3.63. The maximum absolute atomic E-state index is 13.2. The van der Waals surface area contributed by atoms with E-state index in [9.17, 15) is 18.0 Å². The minimum absolute atomic E-state index is 0.185. The Labute approximate surface area is 225 Å². The van der Waals surface area contributed by atoms with Crippen molar-refractivity contribution in [2.24, 2.45) is 0 Å². The zero-order valence-electron chi connectivity index (χ0n) is 22.4. The molecule has 2 N–H and O–H groups in total. The van der Waals surface area contributed by atoms with E-state index in [1.807, 2.05) is 13.8 Å². The predicted molar refractivity (Wildman–Crippen MR) is 150 cm³/mol. The smallest absolute Gasteiger partial charge is 0.256 e. The minimum Gasteiger partial charge on any atom is -0.355 e. The van der Waals surface area contributed by atoms with Gasteiger partial charge in [-0.2, -0.15) is 4.31 Å². The molecule has 37 heavy (non-hydrogen) atoms. The van der Waals surface area contributed by atoms with Crippen molar-refractivity contribution in [3.8, 4) is 0 Å². The van der Waals surface area contributed by atoms with Crippen molar-refractivity contribution in [3.05, 3.63) is 45.8 Å². The molecule has 2 heterocycles. The Morgan fingerprint density at radius 1 is 1.00 bits per heavy atom. The van der Waals surface area contributed by atoms with Crippen LogP contribution in [0.3, 0.4) is 0 Å². The highest BCUT2D eigenvalue weighted by molar-refractivity contribution is 7.89. The second-order valence-corrected chi connectivity index (χ2v) is 12.4. The monoisotopic (exact) mass is 548 g/mol. The molecule has 0 saturated carbocycles. The zero-order chi connectivity index (χ0) is 27.0. The normalized spacial score (nSPS) is 14.0. The van der Waals surface area contributed by atoms with Crippen LogP contribution in [0, 0.1) is 0 Å². The molecule has 3 rings (SSSR count). The first kappa shape index (κ1) is 29.3. The number of unbranched alkanes of at least 4 members (excludes halogenated alkanes) is 2. The fourth-order valence-electron chi connectivity index (χ4n) is 4.54. The Hall–Kier alpha value is -2.27. The van der Waals surface area contributed by atoms with E-state index in [-0.39, 0.29) is 16.7 Å². The molecule has 0 atom stereocenters. The summed E-state index contributed by atoms with van der Waals surface area (Å²) in [5.41, 5.74) is 1.89. The van der Waals surface area contributed by atoms with Crippen LogP contribution in [0.25, 0.3) is 0 Å². The third-order valence-corrected chi connectivity index (χ3v) is 9.68. The lowest BCUT2D eigenvalue weighted by atomic mass is 10.0. The van der Waals surface area contributed by atoms with E-state index in [0.717, 1.165) is 68.6 Å². The lowest BCUT2D eigenvalue weighted by Crippen LogP contribution is -2.33. The third kappa shape index (κ3) is 6.98. The summed E-state index contributed by atoms with van der Waals surface area (Å²) >= 11 is 1.45. The Morgan fingerprint density at radius 3 is 2.22 bits per heavy atom. The summed E-state index contributed by atoms with van der Waals surface area (Å²) in [6.45, 7) is 9.86. The molecule has 1 aromatic heterocycles. The Kier molecular flexibility index (Phi) is 10.7. The first-order chi connectivity index (χ1) is 17.8. The van der Waals surface area contributed by atoms with Gasteiger partial charge in [-0.05, 0) is 62.1 Å². The van der Waals surface area contributed by atoms with E-state index < -0.39 is 10.0 Å². The molecule has 0 spiro atoms. The largest absolute Gasteiger partial charge is 0.355 e. The number of fused-ring (bicyclic) bond motifs is 1. The molecular weight excluding hydrogens is 508 g/mol. The van der Waals surface area contributed by atoms with Gasteiger partial charge in [0.25, 0.3) is 11.8 Å². The van der Waals surface area contributed by atoms with E-state index in [1.165, 1.54) is 35.6 Å². The van der Waals surface area contributed by atoms with Gasteiger partial charge >= 0.3 is 0 Å². The maximum Gasteiger partial charge on any atom is 0.256 e. The van der Waals surface area contributed by atoms with E-state index in [4.69, 9.17) is 0 Å². The van der Waals surface area contributed by atoms with Crippen molar-refractivity contribution in [1.82, 2.24) is 14.5 Å². The molecule has 204 valence electrons. The Balaban J connectivity index is 1.81. The summed E-state index contributed by atoms with van der Waals surface area (Å²) in [6.07, 6.45) is 5.27. The molecule has 1 aliphatic rings. The molecule has 2 aromatic rings. The van der Waals surface area contributed by atoms with E-state index >= 15 is 0 Å². The zero-order valence-corrected chi connectivity index (χ0v) is 24.1. The van der Waals surface area contributed by atoms with Crippen LogP contribution in [-0.2, 0) is 23.0 Å². The van der Waals surface area contributed by atoms with Crippen LogP contribution in [0.4, 0.5) is 5.00 Å². The number of benzene rings is 1. The van der Waals surface area contributed by atoms with Gasteiger partial charge in [-0.1, -0.05) is 33.6 Å². The van der Waals surface area contributed by atoms with Crippen molar-refractivity contribution in [1.29, 1.82) is 0 Å². The van der Waals surface area contributed by atoms with Crippen molar-refractivity contribution in [2.75, 3.05) is 38.5 Å². The molecule has 0 radical (unpaired) electrons. The quantitative estimate of drug-likeness (QED) is 0.377. The average Bonchev–Trinajstić information content (AvgIpc) is 3.25. The number of nitrogens with one attached hydrogen (secondary N) is 2. The lowest BCUT2D eigenvalue weighted by molar-refractivity contribution is 0.0962. The Morgan fingerprint density at radius 2 is 1.65 bits per heavy atom. The maximum atomic E-state index is 13.2.